The Morgan fingerprint density at radius 2 is 1.69 bits per heavy atom. The number of benzene rings is 3. The molecule has 4 aromatic rings. The van der Waals surface area contributed by atoms with Crippen molar-refractivity contribution >= 4 is 41.6 Å². The summed E-state index contributed by atoms with van der Waals surface area (Å²) < 4.78 is 2.11. The summed E-state index contributed by atoms with van der Waals surface area (Å²) >= 11 is 6.46. The van der Waals surface area contributed by atoms with E-state index in [4.69, 9.17) is 16.6 Å². The molecule has 0 aliphatic heterocycles. The molecule has 36 heavy (non-hydrogen) atoms. The van der Waals surface area contributed by atoms with Crippen LogP contribution in [0.2, 0.25) is 5.02 Å². The van der Waals surface area contributed by atoms with E-state index in [1.165, 1.54) is 0 Å². The molecule has 6 heteroatoms. The van der Waals surface area contributed by atoms with Crippen molar-refractivity contribution in [2.45, 2.75) is 33.2 Å². The lowest BCUT2D eigenvalue weighted by molar-refractivity contribution is -0.118. The van der Waals surface area contributed by atoms with Gasteiger partial charge in [0, 0.05) is 36.8 Å². The minimum absolute atomic E-state index is 0.163. The largest absolute Gasteiger partial charge is 0.331 e. The van der Waals surface area contributed by atoms with Crippen molar-refractivity contribution in [2.75, 3.05) is 5.32 Å². The molecule has 1 amide bonds. The zero-order chi connectivity index (χ0) is 25.5. The van der Waals surface area contributed by atoms with E-state index < -0.39 is 0 Å². The molecule has 0 spiro atoms. The molecule has 0 unspecified atom stereocenters. The topological polar surface area (TPSA) is 64.0 Å². The van der Waals surface area contributed by atoms with Crippen molar-refractivity contribution in [1.29, 1.82) is 0 Å². The molecule has 1 aromatic heterocycles. The summed E-state index contributed by atoms with van der Waals surface area (Å²) in [6.45, 7) is 4.92. The molecule has 0 saturated heterocycles. The predicted octanol–water partition coefficient (Wildman–Crippen LogP) is 7.29. The maximum Gasteiger partial charge on any atom is 0.224 e. The van der Waals surface area contributed by atoms with Crippen LogP contribution in [0.5, 0.6) is 0 Å². The maximum atomic E-state index is 11.8. The Morgan fingerprint density at radius 3 is 2.33 bits per heavy atom. The number of carbonyl (C=O) groups excluding carboxylic acids is 2. The van der Waals surface area contributed by atoms with Crippen LogP contribution in [0.25, 0.3) is 34.5 Å². The second-order valence-electron chi connectivity index (χ2n) is 8.54. The Morgan fingerprint density at radius 1 is 1.00 bits per heavy atom. The highest BCUT2D eigenvalue weighted by atomic mass is 35.5. The normalized spacial score (nSPS) is 11.1. The molecule has 4 rings (SSSR count). The SMILES string of the molecule is CCn1cc(-c2ccc(C)cc2Cl)nc1/C=C/c1ccc(-c2ccc(NC(=O)CCC=O)cc2)cc1. The molecule has 1 heterocycles. The van der Waals surface area contributed by atoms with E-state index in [9.17, 15) is 9.59 Å². The molecular weight excluding hydrogens is 470 g/mol. The van der Waals surface area contributed by atoms with Crippen molar-refractivity contribution in [3.63, 3.8) is 0 Å². The second-order valence-corrected chi connectivity index (χ2v) is 8.95. The van der Waals surface area contributed by atoms with Crippen molar-refractivity contribution < 1.29 is 9.59 Å². The van der Waals surface area contributed by atoms with Crippen LogP contribution < -0.4 is 5.32 Å². The van der Waals surface area contributed by atoms with Crippen LogP contribution >= 0.6 is 11.6 Å². The molecule has 0 fully saturated rings. The first-order chi connectivity index (χ1) is 17.5. The Hall–Kier alpha value is -3.96. The smallest absolute Gasteiger partial charge is 0.224 e. The molecule has 0 atom stereocenters. The maximum absolute atomic E-state index is 11.8. The van der Waals surface area contributed by atoms with E-state index in [0.717, 1.165) is 52.2 Å². The molecule has 0 aliphatic rings. The van der Waals surface area contributed by atoms with Gasteiger partial charge < -0.3 is 14.7 Å². The Labute approximate surface area is 216 Å². The Balaban J connectivity index is 1.46. The van der Waals surface area contributed by atoms with Gasteiger partial charge in [0.1, 0.15) is 12.1 Å². The first kappa shape index (κ1) is 25.1. The van der Waals surface area contributed by atoms with Gasteiger partial charge in [-0.2, -0.15) is 0 Å². The Bertz CT molecular complexity index is 1390. The fourth-order valence-electron chi connectivity index (χ4n) is 3.89. The van der Waals surface area contributed by atoms with E-state index in [2.05, 4.69) is 47.1 Å². The summed E-state index contributed by atoms with van der Waals surface area (Å²) in [6.07, 6.45) is 7.28. The van der Waals surface area contributed by atoms with Gasteiger partial charge in [0.25, 0.3) is 0 Å². The summed E-state index contributed by atoms with van der Waals surface area (Å²) in [6, 6.07) is 22.0. The van der Waals surface area contributed by atoms with Crippen LogP contribution in [0.1, 0.15) is 36.7 Å². The highest BCUT2D eigenvalue weighted by Gasteiger charge is 2.10. The minimum atomic E-state index is -0.163. The summed E-state index contributed by atoms with van der Waals surface area (Å²) in [5.41, 5.74) is 6.83. The number of nitrogens with one attached hydrogen (secondary N) is 1. The summed E-state index contributed by atoms with van der Waals surface area (Å²) in [4.78, 5) is 27.0. The summed E-state index contributed by atoms with van der Waals surface area (Å²) in [7, 11) is 0. The average molecular weight is 498 g/mol. The number of nitrogens with zero attached hydrogens (tertiary/aromatic N) is 2. The molecule has 182 valence electrons. The van der Waals surface area contributed by atoms with E-state index in [1.807, 2.05) is 61.7 Å². The molecule has 3 aromatic carbocycles. The van der Waals surface area contributed by atoms with E-state index >= 15 is 0 Å². The molecule has 0 bridgehead atoms. The quantitative estimate of drug-likeness (QED) is 0.247. The summed E-state index contributed by atoms with van der Waals surface area (Å²) in [5, 5.41) is 3.51. The highest BCUT2D eigenvalue weighted by Crippen LogP contribution is 2.29. The molecule has 5 nitrogen and oxygen atoms in total. The number of anilines is 1. The van der Waals surface area contributed by atoms with Gasteiger partial charge in [-0.15, -0.1) is 0 Å². The van der Waals surface area contributed by atoms with E-state index in [-0.39, 0.29) is 18.7 Å². The van der Waals surface area contributed by atoms with Gasteiger partial charge in [-0.1, -0.05) is 66.2 Å². The third-order valence-electron chi connectivity index (χ3n) is 5.88. The van der Waals surface area contributed by atoms with Gasteiger partial charge in [0.05, 0.1) is 10.7 Å². The van der Waals surface area contributed by atoms with Gasteiger partial charge in [-0.25, -0.2) is 4.98 Å². The minimum Gasteiger partial charge on any atom is -0.331 e. The van der Waals surface area contributed by atoms with Crippen LogP contribution in [0.4, 0.5) is 5.69 Å². The fourth-order valence-corrected chi connectivity index (χ4v) is 4.22. The number of hydrogen-bond donors (Lipinski definition) is 1. The first-order valence-corrected chi connectivity index (χ1v) is 12.3. The van der Waals surface area contributed by atoms with Gasteiger partial charge in [0.15, 0.2) is 0 Å². The van der Waals surface area contributed by atoms with Gasteiger partial charge in [-0.3, -0.25) is 4.79 Å². The van der Waals surface area contributed by atoms with Gasteiger partial charge in [0.2, 0.25) is 5.91 Å². The predicted molar refractivity (Wildman–Crippen MR) is 148 cm³/mol. The Kier molecular flexibility index (Phi) is 8.13. The fraction of sp³-hybridized carbons (Fsp3) is 0.167. The lowest BCUT2D eigenvalue weighted by Gasteiger charge is -2.06. The lowest BCUT2D eigenvalue weighted by Crippen LogP contribution is -2.11. The van der Waals surface area contributed by atoms with Gasteiger partial charge in [-0.05, 0) is 60.4 Å². The monoisotopic (exact) mass is 497 g/mol. The molecular formula is C30H28ClN3O2. The van der Waals surface area contributed by atoms with Gasteiger partial charge >= 0.3 is 0 Å². The molecule has 0 radical (unpaired) electrons. The third-order valence-corrected chi connectivity index (χ3v) is 6.19. The first-order valence-electron chi connectivity index (χ1n) is 11.9. The zero-order valence-electron chi connectivity index (χ0n) is 20.4. The number of hydrogen-bond acceptors (Lipinski definition) is 3. The number of imidazole rings is 1. The van der Waals surface area contributed by atoms with E-state index in [1.54, 1.807) is 0 Å². The van der Waals surface area contributed by atoms with Crippen LogP contribution in [0.3, 0.4) is 0 Å². The third kappa shape index (κ3) is 6.18. The number of amides is 1. The number of carbonyl (C=O) groups is 2. The van der Waals surface area contributed by atoms with Crippen molar-refractivity contribution in [2.24, 2.45) is 0 Å². The summed E-state index contributed by atoms with van der Waals surface area (Å²) in [5.74, 6) is 0.711. The zero-order valence-corrected chi connectivity index (χ0v) is 21.1. The van der Waals surface area contributed by atoms with Crippen molar-refractivity contribution in [3.05, 3.63) is 94.9 Å². The van der Waals surface area contributed by atoms with Crippen LogP contribution in [0, 0.1) is 6.92 Å². The van der Waals surface area contributed by atoms with Crippen molar-refractivity contribution in [1.82, 2.24) is 9.55 Å². The molecule has 0 aliphatic carbocycles. The second kappa shape index (κ2) is 11.6. The lowest BCUT2D eigenvalue weighted by atomic mass is 10.0. The van der Waals surface area contributed by atoms with Crippen molar-refractivity contribution in [3.8, 4) is 22.4 Å². The molecule has 0 saturated carbocycles. The number of aldehydes is 1. The average Bonchev–Trinajstić information content (AvgIpc) is 3.30. The number of halogens is 1. The van der Waals surface area contributed by atoms with Crippen LogP contribution in [-0.4, -0.2) is 21.7 Å². The standard InChI is InChI=1S/C30H28ClN3O2/c1-3-34-20-28(26-16-6-21(2)19-27(26)31)33-29(34)17-9-22-7-10-23(11-8-22)24-12-14-25(15-13-24)32-30(36)5-4-18-35/h6-20H,3-5H2,1-2H3,(H,32,36)/b17-9+. The highest BCUT2D eigenvalue weighted by molar-refractivity contribution is 6.33. The van der Waals surface area contributed by atoms with Crippen LogP contribution in [-0.2, 0) is 16.1 Å². The van der Waals surface area contributed by atoms with E-state index in [0.29, 0.717) is 10.7 Å². The molecule has 1 N–H and O–H groups in total. The number of aryl methyl sites for hydroxylation is 2. The number of rotatable bonds is 9. The van der Waals surface area contributed by atoms with Crippen LogP contribution in [0.15, 0.2) is 72.9 Å². The number of aromatic nitrogens is 2.